The number of aliphatic hydroxyl groups is 3. The predicted octanol–water partition coefficient (Wildman–Crippen LogP) is 3.28. The Hall–Kier alpha value is -0.380. The van der Waals surface area contributed by atoms with Crippen LogP contribution in [0.5, 0.6) is 0 Å². The lowest BCUT2D eigenvalue weighted by Crippen LogP contribution is -2.59. The van der Waals surface area contributed by atoms with Crippen LogP contribution in [0.1, 0.15) is 66.2 Å². The van der Waals surface area contributed by atoms with Crippen molar-refractivity contribution in [1.29, 1.82) is 0 Å². The molecule has 0 spiro atoms. The van der Waals surface area contributed by atoms with Crippen molar-refractivity contribution in [2.75, 3.05) is 0 Å². The van der Waals surface area contributed by atoms with Crippen LogP contribution >= 0.6 is 0 Å². The zero-order chi connectivity index (χ0) is 17.5. The van der Waals surface area contributed by atoms with Gasteiger partial charge in [-0.2, -0.15) is 0 Å². The van der Waals surface area contributed by atoms with Crippen LogP contribution < -0.4 is 0 Å². The summed E-state index contributed by atoms with van der Waals surface area (Å²) in [6.45, 7) is 8.76. The Morgan fingerprint density at radius 3 is 2.46 bits per heavy atom. The average molecular weight is 335 g/mol. The van der Waals surface area contributed by atoms with Gasteiger partial charge in [0.25, 0.3) is 0 Å². The molecule has 4 rings (SSSR count). The molecule has 3 N–H and O–H groups in total. The summed E-state index contributed by atoms with van der Waals surface area (Å²) in [5, 5.41) is 32.4. The van der Waals surface area contributed by atoms with Gasteiger partial charge in [-0.1, -0.05) is 32.4 Å². The minimum atomic E-state index is -0.827. The van der Waals surface area contributed by atoms with E-state index in [4.69, 9.17) is 0 Å². The smallest absolute Gasteiger partial charge is 0.0836 e. The average Bonchev–Trinajstić information content (AvgIpc) is 2.72. The normalized spacial score (nSPS) is 60.0. The topological polar surface area (TPSA) is 60.7 Å². The third-order valence-corrected chi connectivity index (χ3v) is 8.69. The van der Waals surface area contributed by atoms with Crippen molar-refractivity contribution in [1.82, 2.24) is 0 Å². The quantitative estimate of drug-likeness (QED) is 0.596. The van der Waals surface area contributed by atoms with Gasteiger partial charge in [0.15, 0.2) is 0 Å². The van der Waals surface area contributed by atoms with Gasteiger partial charge >= 0.3 is 0 Å². The minimum Gasteiger partial charge on any atom is -0.393 e. The largest absolute Gasteiger partial charge is 0.393 e. The Labute approximate surface area is 146 Å². The van der Waals surface area contributed by atoms with E-state index < -0.39 is 5.60 Å². The molecule has 3 heteroatoms. The molecule has 0 aromatic rings. The predicted molar refractivity (Wildman–Crippen MR) is 94.3 cm³/mol. The molecule has 136 valence electrons. The fraction of sp³-hybridized carbons (Fsp3) is 0.905. The van der Waals surface area contributed by atoms with Crippen molar-refractivity contribution < 1.29 is 15.3 Å². The maximum absolute atomic E-state index is 11.4. The van der Waals surface area contributed by atoms with Crippen molar-refractivity contribution in [3.05, 3.63) is 11.6 Å². The van der Waals surface area contributed by atoms with Crippen LogP contribution in [0.3, 0.4) is 0 Å². The lowest BCUT2D eigenvalue weighted by molar-refractivity contribution is -0.139. The first-order valence-corrected chi connectivity index (χ1v) is 9.90. The maximum Gasteiger partial charge on any atom is 0.0836 e. The first-order valence-electron chi connectivity index (χ1n) is 9.90. The van der Waals surface area contributed by atoms with E-state index in [1.165, 1.54) is 5.57 Å². The standard InChI is InChI=1S/C21H34O3/c1-12-9-16-17-15(6-8-20(16,3)18(12)23)19(2)7-5-14(22)10-13(19)11-21(17,4)24/h11-12,14-18,22-24H,5-10H2,1-4H3. The van der Waals surface area contributed by atoms with Crippen molar-refractivity contribution in [2.24, 2.45) is 34.5 Å². The van der Waals surface area contributed by atoms with Gasteiger partial charge in [0.2, 0.25) is 0 Å². The van der Waals surface area contributed by atoms with E-state index >= 15 is 0 Å². The van der Waals surface area contributed by atoms with Gasteiger partial charge in [-0.05, 0) is 80.0 Å². The van der Waals surface area contributed by atoms with Crippen LogP contribution in [-0.2, 0) is 0 Å². The second-order valence-electron chi connectivity index (χ2n) is 10.2. The summed E-state index contributed by atoms with van der Waals surface area (Å²) in [6, 6.07) is 0. The molecule has 0 bridgehead atoms. The third-order valence-electron chi connectivity index (χ3n) is 8.69. The molecule has 0 radical (unpaired) electrons. The molecule has 24 heavy (non-hydrogen) atoms. The molecule has 3 fully saturated rings. The van der Waals surface area contributed by atoms with Crippen LogP contribution in [0.15, 0.2) is 11.6 Å². The molecule has 3 nitrogen and oxygen atoms in total. The van der Waals surface area contributed by atoms with E-state index in [0.717, 1.165) is 38.5 Å². The molecular formula is C21H34O3. The summed E-state index contributed by atoms with van der Waals surface area (Å²) in [4.78, 5) is 0. The number of hydrogen-bond donors (Lipinski definition) is 3. The van der Waals surface area contributed by atoms with Gasteiger partial charge in [0.1, 0.15) is 0 Å². The molecular weight excluding hydrogens is 300 g/mol. The van der Waals surface area contributed by atoms with E-state index in [0.29, 0.717) is 17.8 Å². The fourth-order valence-electron chi connectivity index (χ4n) is 7.33. The SMILES string of the molecule is CC1CC2C3C(CCC2(C)C1O)C1(C)CCC(O)CC1=CC3(C)O. The van der Waals surface area contributed by atoms with Crippen molar-refractivity contribution >= 4 is 0 Å². The molecule has 0 heterocycles. The zero-order valence-electron chi connectivity index (χ0n) is 15.6. The number of rotatable bonds is 0. The van der Waals surface area contributed by atoms with E-state index in [9.17, 15) is 15.3 Å². The summed E-state index contributed by atoms with van der Waals surface area (Å²) < 4.78 is 0. The Kier molecular flexibility index (Phi) is 3.61. The molecule has 4 aliphatic rings. The first kappa shape index (κ1) is 17.1. The van der Waals surface area contributed by atoms with Crippen molar-refractivity contribution in [3.8, 4) is 0 Å². The van der Waals surface area contributed by atoms with Gasteiger partial charge in [-0.25, -0.2) is 0 Å². The van der Waals surface area contributed by atoms with Crippen molar-refractivity contribution in [2.45, 2.75) is 84.0 Å². The zero-order valence-corrected chi connectivity index (χ0v) is 15.6. The summed E-state index contributed by atoms with van der Waals surface area (Å²) in [6.07, 6.45) is 7.39. The Morgan fingerprint density at radius 1 is 1.04 bits per heavy atom. The second kappa shape index (κ2) is 5.08. The molecule has 9 atom stereocenters. The summed E-state index contributed by atoms with van der Waals surface area (Å²) in [7, 11) is 0. The highest BCUT2D eigenvalue weighted by Gasteiger charge is 2.64. The number of fused-ring (bicyclic) bond motifs is 5. The molecule has 0 aromatic heterocycles. The first-order chi connectivity index (χ1) is 11.1. The molecule has 0 saturated heterocycles. The van der Waals surface area contributed by atoms with Gasteiger partial charge in [-0.15, -0.1) is 0 Å². The molecule has 0 aliphatic heterocycles. The highest BCUT2D eigenvalue weighted by Crippen LogP contribution is 2.67. The Morgan fingerprint density at radius 2 is 1.75 bits per heavy atom. The molecule has 0 amide bonds. The van der Waals surface area contributed by atoms with E-state index in [-0.39, 0.29) is 29.0 Å². The lowest BCUT2D eigenvalue weighted by Gasteiger charge is -2.61. The van der Waals surface area contributed by atoms with Crippen LogP contribution in [-0.4, -0.2) is 33.1 Å². The molecule has 0 aromatic carbocycles. The van der Waals surface area contributed by atoms with Gasteiger partial charge in [0.05, 0.1) is 17.8 Å². The summed E-state index contributed by atoms with van der Waals surface area (Å²) in [5.41, 5.74) is 0.514. The summed E-state index contributed by atoms with van der Waals surface area (Å²) in [5.74, 6) is 1.40. The second-order valence-corrected chi connectivity index (χ2v) is 10.2. The van der Waals surface area contributed by atoms with Crippen LogP contribution in [0, 0.1) is 34.5 Å². The Balaban J connectivity index is 1.79. The molecule has 4 aliphatic carbocycles. The third kappa shape index (κ3) is 2.07. The van der Waals surface area contributed by atoms with Gasteiger partial charge in [0, 0.05) is 0 Å². The van der Waals surface area contributed by atoms with Gasteiger partial charge in [-0.3, -0.25) is 0 Å². The van der Waals surface area contributed by atoms with E-state index in [1.807, 2.05) is 6.92 Å². The van der Waals surface area contributed by atoms with E-state index in [1.54, 1.807) is 0 Å². The maximum atomic E-state index is 11.4. The highest BCUT2D eigenvalue weighted by molar-refractivity contribution is 5.31. The minimum absolute atomic E-state index is 0.0551. The number of hydrogen-bond acceptors (Lipinski definition) is 3. The lowest BCUT2D eigenvalue weighted by atomic mass is 9.45. The van der Waals surface area contributed by atoms with Crippen LogP contribution in [0.25, 0.3) is 0 Å². The van der Waals surface area contributed by atoms with E-state index in [2.05, 4.69) is 26.8 Å². The fourth-order valence-corrected chi connectivity index (χ4v) is 7.33. The van der Waals surface area contributed by atoms with Crippen molar-refractivity contribution in [3.63, 3.8) is 0 Å². The molecule has 3 saturated carbocycles. The number of aliphatic hydroxyl groups excluding tert-OH is 2. The Bertz CT molecular complexity index is 567. The van der Waals surface area contributed by atoms with Crippen LogP contribution in [0.2, 0.25) is 0 Å². The van der Waals surface area contributed by atoms with Crippen LogP contribution in [0.4, 0.5) is 0 Å². The summed E-state index contributed by atoms with van der Waals surface area (Å²) >= 11 is 0. The molecule has 9 unspecified atom stereocenters. The monoisotopic (exact) mass is 334 g/mol. The highest BCUT2D eigenvalue weighted by atomic mass is 16.3. The van der Waals surface area contributed by atoms with Gasteiger partial charge < -0.3 is 15.3 Å².